The summed E-state index contributed by atoms with van der Waals surface area (Å²) in [5, 5.41) is 2.63. The summed E-state index contributed by atoms with van der Waals surface area (Å²) >= 11 is 23.2. The highest BCUT2D eigenvalue weighted by Crippen LogP contribution is 2.42. The number of hydrogen-bond donors (Lipinski definition) is 0. The number of rotatable bonds is 11. The quantitative estimate of drug-likeness (QED) is 0.117. The van der Waals surface area contributed by atoms with Crippen LogP contribution >= 0.6 is 46.4 Å². The third-order valence-electron chi connectivity index (χ3n) is 19.4. The maximum absolute atomic E-state index is 13.0. The van der Waals surface area contributed by atoms with Crippen LogP contribution in [0.4, 0.5) is 110 Å². The van der Waals surface area contributed by atoms with Crippen LogP contribution in [-0.2, 0) is 43.2 Å². The first-order chi connectivity index (χ1) is 60.0. The zero-order valence-electron chi connectivity index (χ0n) is 78.0. The van der Waals surface area contributed by atoms with Gasteiger partial charge in [0.1, 0.15) is 29.0 Å². The molecule has 0 N–H and O–H groups in total. The molecule has 10 aromatic carbocycles. The van der Waals surface area contributed by atoms with Gasteiger partial charge in [0.15, 0.2) is 0 Å². The normalized spacial score (nSPS) is 11.8. The third-order valence-corrected chi connectivity index (χ3v) is 20.4. The number of alkyl halides is 21. The Labute approximate surface area is 780 Å². The highest BCUT2D eigenvalue weighted by molar-refractivity contribution is 6.34. The van der Waals surface area contributed by atoms with Crippen molar-refractivity contribution in [1.82, 2.24) is 0 Å². The molecule has 0 aromatic heterocycles. The predicted molar refractivity (Wildman–Crippen MR) is 486 cm³/mol. The molecule has 0 bridgehead atoms. The average Bonchev–Trinajstić information content (AvgIpc) is 0.786. The second kappa shape index (κ2) is 53.1. The lowest BCUT2D eigenvalue weighted by atomic mass is 9.94. The van der Waals surface area contributed by atoms with Crippen molar-refractivity contribution in [2.45, 2.75) is 269 Å². The lowest BCUT2D eigenvalue weighted by Gasteiger charge is -2.17. The van der Waals surface area contributed by atoms with E-state index in [4.69, 9.17) is 51.1 Å². The van der Waals surface area contributed by atoms with E-state index in [1.807, 2.05) is 99.6 Å². The fraction of sp³-hybridized carbons (Fsp3) is 0.412. The molecule has 10 rings (SSSR count). The second-order valence-corrected chi connectivity index (χ2v) is 35.7. The molecule has 10 aromatic rings. The minimum Gasteiger partial charge on any atom is -0.496 e. The minimum atomic E-state index is -4.64. The summed E-state index contributed by atoms with van der Waals surface area (Å²) in [6, 6.07) is 39.4. The molecule has 0 heterocycles. The van der Waals surface area contributed by atoms with Gasteiger partial charge >= 0.3 is 43.2 Å². The maximum Gasteiger partial charge on any atom is 0.416 e. The zero-order valence-corrected chi connectivity index (χ0v) is 81.0. The van der Waals surface area contributed by atoms with E-state index < -0.39 is 106 Å². The van der Waals surface area contributed by atoms with Crippen LogP contribution in [0.2, 0.25) is 20.1 Å². The van der Waals surface area contributed by atoms with Gasteiger partial charge in [-0.1, -0.05) is 215 Å². The average molecular weight is 1970 g/mol. The predicted octanol–water partition coefficient (Wildman–Crippen LogP) is 39.6. The van der Waals surface area contributed by atoms with Gasteiger partial charge in [-0.05, 0) is 311 Å². The van der Waals surface area contributed by atoms with Crippen LogP contribution in [-0.4, -0.2) is 7.11 Å². The molecule has 732 valence electrons. The Hall–Kier alpha value is -8.59. The molecular formula is C102H115Cl4F25O. The van der Waals surface area contributed by atoms with Gasteiger partial charge in [0.2, 0.25) is 0 Å². The SMILES string of the molecule is CC(C)c1cc(C(F)(F)F)ccc1C(F)(F)F.CC(C)c1cc(C(F)(F)F)ccc1Cl.CC(C)c1cc(C(F)(F)F)ccc1F.CC(C)c1cc(Cl)cc(Cl)c1.CC(C)c1cc(F)cc(F)c1.COc1ccc(C(F)(F)F)cc1C(C)C.Cc1cc(C(C)C)cc(C(F)(F)F)c1.Cc1cc(Cl)ccc1C(C)C.Cc1cc(F)cc(C(C)C)c1.Cc1ccc(C(F)(F)F)cc1C(C)C. The van der Waals surface area contributed by atoms with Crippen LogP contribution < -0.4 is 4.74 Å². The molecule has 0 aliphatic rings. The molecule has 0 aliphatic heterocycles. The molecule has 0 radical (unpaired) electrons. The Bertz CT molecular complexity index is 4840. The summed E-state index contributed by atoms with van der Waals surface area (Å²) in [4.78, 5) is 0. The third kappa shape index (κ3) is 43.4. The summed E-state index contributed by atoms with van der Waals surface area (Å²) in [7, 11) is 1.45. The standard InChI is InChI=1S/C11H10F6.C11H13F3O.2C11H13F3.C10H10ClF3.C10H13Cl.C10H10F4.C10H13F.C9H10Cl2.C9H10F2/c1-6(2)8-5-7(10(12,13)14)3-4-9(8)11(15,16)17;1-7(2)9-6-8(11(12,13)14)4-5-10(9)15-3;1-7(2)9-4-8(3)5-10(6-9)11(12,13)14;1-7(2)10-6-9(11(12,13)14)5-4-8(10)3;1-6(2)8-5-7(10(12,13)14)3-4-9(8)11;1-7(2)10-5-4-9(11)6-8(10)3;1-6(2)8-5-7(10(12,13)14)3-4-9(8)11;1-7(2)9-4-8(3)5-10(11)6-9;2*1-6(2)7-3-8(10)5-9(11)4-7/h3-6H,1-2H3;4-7H,1-3H3;2*4-7H,1-3H3;3-6H,1-2H3;4-7H,1-3H3;3-6H,1-2H3;4-7H,1-3H3;2*3-6H,1-2H3. The highest BCUT2D eigenvalue weighted by Gasteiger charge is 2.39. The van der Waals surface area contributed by atoms with Gasteiger partial charge < -0.3 is 4.74 Å². The monoisotopic (exact) mass is 1970 g/mol. The summed E-state index contributed by atoms with van der Waals surface area (Å²) in [5.41, 5.74) is 5.26. The number of methoxy groups -OCH3 is 1. The van der Waals surface area contributed by atoms with E-state index in [1.54, 1.807) is 58.9 Å². The van der Waals surface area contributed by atoms with Crippen LogP contribution in [0, 0.1) is 51.0 Å². The Kier molecular flexibility index (Phi) is 48.8. The second-order valence-electron chi connectivity index (χ2n) is 33.9. The van der Waals surface area contributed by atoms with Gasteiger partial charge in [-0.2, -0.15) is 92.2 Å². The minimum absolute atomic E-state index is 0.00208. The summed E-state index contributed by atoms with van der Waals surface area (Å²) in [5.74, 6) is -0.239. The van der Waals surface area contributed by atoms with Crippen LogP contribution in [0.3, 0.4) is 0 Å². The smallest absolute Gasteiger partial charge is 0.416 e. The van der Waals surface area contributed by atoms with E-state index in [1.165, 1.54) is 86.2 Å². The molecule has 0 saturated heterocycles. The molecule has 0 fully saturated rings. The lowest BCUT2D eigenvalue weighted by Crippen LogP contribution is -2.13. The number of benzene rings is 10. The first kappa shape index (κ1) is 121. The fourth-order valence-corrected chi connectivity index (χ4v) is 13.2. The Balaban J connectivity index is 0.000000735. The van der Waals surface area contributed by atoms with E-state index >= 15 is 0 Å². The number of halogens is 29. The van der Waals surface area contributed by atoms with Crippen molar-refractivity contribution in [3.05, 3.63) is 342 Å². The number of aryl methyl sites for hydroxylation is 4. The van der Waals surface area contributed by atoms with Crippen LogP contribution in [0.1, 0.15) is 314 Å². The molecule has 0 aliphatic carbocycles. The van der Waals surface area contributed by atoms with Crippen molar-refractivity contribution < 1.29 is 114 Å². The van der Waals surface area contributed by atoms with E-state index in [0.29, 0.717) is 79.0 Å². The van der Waals surface area contributed by atoms with Crippen molar-refractivity contribution in [1.29, 1.82) is 0 Å². The highest BCUT2D eigenvalue weighted by atomic mass is 35.5. The number of ether oxygens (including phenoxy) is 1. The Morgan fingerprint density at radius 1 is 0.227 bits per heavy atom. The Morgan fingerprint density at radius 3 is 0.909 bits per heavy atom. The molecule has 1 nitrogen and oxygen atoms in total. The molecule has 132 heavy (non-hydrogen) atoms. The van der Waals surface area contributed by atoms with Gasteiger partial charge in [0, 0.05) is 26.2 Å². The van der Waals surface area contributed by atoms with Crippen molar-refractivity contribution in [3.63, 3.8) is 0 Å². The van der Waals surface area contributed by atoms with E-state index in [-0.39, 0.29) is 52.5 Å². The van der Waals surface area contributed by atoms with Crippen LogP contribution in [0.5, 0.6) is 5.75 Å². The zero-order chi connectivity index (χ0) is 103. The molecular weight excluding hydrogens is 1860 g/mol. The molecule has 0 saturated carbocycles. The van der Waals surface area contributed by atoms with Gasteiger partial charge in [-0.25, -0.2) is 17.6 Å². The fourth-order valence-electron chi connectivity index (χ4n) is 12.1. The van der Waals surface area contributed by atoms with E-state index in [9.17, 15) is 110 Å². The van der Waals surface area contributed by atoms with Crippen molar-refractivity contribution in [2.75, 3.05) is 7.11 Å². The van der Waals surface area contributed by atoms with Gasteiger partial charge in [-0.3, -0.25) is 0 Å². The number of hydrogen-bond acceptors (Lipinski definition) is 1. The van der Waals surface area contributed by atoms with Gasteiger partial charge in [-0.15, -0.1) is 0 Å². The van der Waals surface area contributed by atoms with Crippen LogP contribution in [0.25, 0.3) is 0 Å². The van der Waals surface area contributed by atoms with Gasteiger partial charge in [0.25, 0.3) is 0 Å². The summed E-state index contributed by atoms with van der Waals surface area (Å²) in [6.07, 6.45) is -30.7. The largest absolute Gasteiger partial charge is 0.496 e. The maximum atomic E-state index is 13.0. The van der Waals surface area contributed by atoms with E-state index in [2.05, 4.69) is 54.5 Å². The summed E-state index contributed by atoms with van der Waals surface area (Å²) < 4.78 is 316. The lowest BCUT2D eigenvalue weighted by molar-refractivity contribution is -0.142. The first-order valence-electron chi connectivity index (χ1n) is 41.6. The molecule has 0 spiro atoms. The Morgan fingerprint density at radius 2 is 0.545 bits per heavy atom. The van der Waals surface area contributed by atoms with Gasteiger partial charge in [0.05, 0.1) is 46.1 Å². The van der Waals surface area contributed by atoms with Crippen molar-refractivity contribution in [3.8, 4) is 5.75 Å². The van der Waals surface area contributed by atoms with E-state index in [0.717, 1.165) is 87.4 Å². The topological polar surface area (TPSA) is 9.23 Å². The summed E-state index contributed by atoms with van der Waals surface area (Å²) in [6.45, 7) is 45.0. The molecule has 0 unspecified atom stereocenters. The molecule has 0 amide bonds. The first-order valence-corrected chi connectivity index (χ1v) is 43.1. The van der Waals surface area contributed by atoms with Crippen molar-refractivity contribution in [2.24, 2.45) is 0 Å². The molecule has 0 atom stereocenters. The molecule has 30 heteroatoms. The van der Waals surface area contributed by atoms with Crippen LogP contribution in [0.15, 0.2) is 182 Å². The van der Waals surface area contributed by atoms with Crippen molar-refractivity contribution >= 4 is 46.4 Å².